The molecule has 0 amide bonds. The molecule has 1 atom stereocenters. The Balaban J connectivity index is 3.94. The van der Waals surface area contributed by atoms with Gasteiger partial charge in [0.05, 0.1) is 13.6 Å². The fourth-order valence-electron chi connectivity index (χ4n) is 1.70. The molecule has 14 heavy (non-hydrogen) atoms. The van der Waals surface area contributed by atoms with Crippen LogP contribution < -0.4 is 0 Å². The first-order chi connectivity index (χ1) is 6.39. The Hall–Kier alpha value is -0.313. The molecule has 0 aromatic rings. The summed E-state index contributed by atoms with van der Waals surface area (Å²) in [5.41, 5.74) is -0.0562. The second-order valence-corrected chi connectivity index (χ2v) is 10.5. The molecule has 1 unspecified atom stereocenters. The molecular formula is C11H24O2Si. The molecular weight excluding hydrogens is 192 g/mol. The first-order valence-electron chi connectivity index (χ1n) is 5.62. The van der Waals surface area contributed by atoms with Gasteiger partial charge < -0.3 is 5.11 Å². The van der Waals surface area contributed by atoms with E-state index in [0.29, 0.717) is 0 Å². The maximum Gasteiger partial charge on any atom is 0.303 e. The SMILES string of the molecule is CCCCCCC(C(=O)O)[Si](C)(C)C. The number of aliphatic carboxylic acids is 1. The van der Waals surface area contributed by atoms with Crippen molar-refractivity contribution in [3.63, 3.8) is 0 Å². The number of rotatable bonds is 7. The third kappa shape index (κ3) is 5.42. The molecule has 0 aliphatic heterocycles. The molecule has 0 radical (unpaired) electrons. The van der Waals surface area contributed by atoms with Crippen molar-refractivity contribution in [3.8, 4) is 0 Å². The Kier molecular flexibility index (Phi) is 6.08. The van der Waals surface area contributed by atoms with Crippen LogP contribution in [0.5, 0.6) is 0 Å². The molecule has 0 heterocycles. The standard InChI is InChI=1S/C11H24O2Si/c1-5-6-7-8-9-10(11(12)13)14(2,3)4/h10H,5-9H2,1-4H3,(H,12,13). The van der Waals surface area contributed by atoms with Crippen LogP contribution in [0.3, 0.4) is 0 Å². The van der Waals surface area contributed by atoms with Gasteiger partial charge in [0.15, 0.2) is 0 Å². The van der Waals surface area contributed by atoms with Gasteiger partial charge in [0.2, 0.25) is 0 Å². The monoisotopic (exact) mass is 216 g/mol. The zero-order chi connectivity index (χ0) is 11.2. The molecule has 2 nitrogen and oxygen atoms in total. The summed E-state index contributed by atoms with van der Waals surface area (Å²) in [6, 6.07) is 0. The third-order valence-electron chi connectivity index (χ3n) is 2.69. The van der Waals surface area contributed by atoms with Crippen molar-refractivity contribution in [1.29, 1.82) is 0 Å². The van der Waals surface area contributed by atoms with Crippen LogP contribution in [0.15, 0.2) is 0 Å². The molecule has 0 fully saturated rings. The minimum atomic E-state index is -1.51. The highest BCUT2D eigenvalue weighted by Crippen LogP contribution is 2.28. The molecule has 0 bridgehead atoms. The van der Waals surface area contributed by atoms with Crippen LogP contribution in [-0.2, 0) is 4.79 Å². The number of carbonyl (C=O) groups is 1. The normalized spacial score (nSPS) is 14.0. The fourth-order valence-corrected chi connectivity index (χ4v) is 3.51. The van der Waals surface area contributed by atoms with Gasteiger partial charge >= 0.3 is 5.97 Å². The van der Waals surface area contributed by atoms with Crippen molar-refractivity contribution < 1.29 is 9.90 Å². The Morgan fingerprint density at radius 2 is 1.79 bits per heavy atom. The predicted molar refractivity (Wildman–Crippen MR) is 63.5 cm³/mol. The van der Waals surface area contributed by atoms with Gasteiger partial charge in [-0.3, -0.25) is 4.79 Å². The van der Waals surface area contributed by atoms with Gasteiger partial charge in [0.1, 0.15) is 0 Å². The average Bonchev–Trinajstić information content (AvgIpc) is 2.01. The second kappa shape index (κ2) is 6.22. The molecule has 0 rings (SSSR count). The van der Waals surface area contributed by atoms with Crippen LogP contribution in [-0.4, -0.2) is 19.1 Å². The van der Waals surface area contributed by atoms with Crippen LogP contribution >= 0.6 is 0 Å². The summed E-state index contributed by atoms with van der Waals surface area (Å²) in [7, 11) is -1.51. The number of unbranched alkanes of at least 4 members (excludes halogenated alkanes) is 3. The zero-order valence-electron chi connectivity index (χ0n) is 9.97. The van der Waals surface area contributed by atoms with Gasteiger partial charge in [-0.2, -0.15) is 0 Å². The van der Waals surface area contributed by atoms with E-state index >= 15 is 0 Å². The maximum atomic E-state index is 11.0. The lowest BCUT2D eigenvalue weighted by Gasteiger charge is -2.24. The first kappa shape index (κ1) is 13.7. The van der Waals surface area contributed by atoms with Crippen molar-refractivity contribution in [2.45, 2.75) is 64.2 Å². The lowest BCUT2D eigenvalue weighted by Crippen LogP contribution is -2.33. The minimum absolute atomic E-state index is 0.0562. The van der Waals surface area contributed by atoms with Crippen LogP contribution in [0.25, 0.3) is 0 Å². The van der Waals surface area contributed by atoms with E-state index in [0.717, 1.165) is 12.8 Å². The number of hydrogen-bond donors (Lipinski definition) is 1. The Labute approximate surface area is 88.7 Å². The highest BCUT2D eigenvalue weighted by molar-refractivity contribution is 6.80. The topological polar surface area (TPSA) is 37.3 Å². The molecule has 0 aliphatic rings. The van der Waals surface area contributed by atoms with E-state index in [-0.39, 0.29) is 5.54 Å². The van der Waals surface area contributed by atoms with E-state index in [2.05, 4.69) is 26.6 Å². The van der Waals surface area contributed by atoms with E-state index < -0.39 is 14.0 Å². The summed E-state index contributed by atoms with van der Waals surface area (Å²) in [4.78, 5) is 11.0. The van der Waals surface area contributed by atoms with Gasteiger partial charge in [-0.25, -0.2) is 0 Å². The van der Waals surface area contributed by atoms with Crippen LogP contribution in [0.1, 0.15) is 39.0 Å². The Bertz CT molecular complexity index is 173. The molecule has 0 aromatic heterocycles. The minimum Gasteiger partial charge on any atom is -0.481 e. The number of hydrogen-bond acceptors (Lipinski definition) is 1. The van der Waals surface area contributed by atoms with Gasteiger partial charge in [0.25, 0.3) is 0 Å². The van der Waals surface area contributed by atoms with Crippen LogP contribution in [0, 0.1) is 0 Å². The summed E-state index contributed by atoms with van der Waals surface area (Å²) >= 11 is 0. The summed E-state index contributed by atoms with van der Waals surface area (Å²) in [6.45, 7) is 8.61. The van der Waals surface area contributed by atoms with Crippen molar-refractivity contribution in [2.75, 3.05) is 0 Å². The highest BCUT2D eigenvalue weighted by atomic mass is 28.3. The summed E-state index contributed by atoms with van der Waals surface area (Å²) in [5.74, 6) is -0.583. The first-order valence-corrected chi connectivity index (χ1v) is 9.20. The van der Waals surface area contributed by atoms with Crippen molar-refractivity contribution in [1.82, 2.24) is 0 Å². The molecule has 84 valence electrons. The third-order valence-corrected chi connectivity index (χ3v) is 5.32. The van der Waals surface area contributed by atoms with E-state index in [9.17, 15) is 4.79 Å². The quantitative estimate of drug-likeness (QED) is 0.520. The Morgan fingerprint density at radius 3 is 2.14 bits per heavy atom. The van der Waals surface area contributed by atoms with E-state index in [1.165, 1.54) is 19.3 Å². The van der Waals surface area contributed by atoms with Crippen molar-refractivity contribution in [3.05, 3.63) is 0 Å². The fraction of sp³-hybridized carbons (Fsp3) is 0.909. The summed E-state index contributed by atoms with van der Waals surface area (Å²) < 4.78 is 0. The highest BCUT2D eigenvalue weighted by Gasteiger charge is 2.31. The zero-order valence-corrected chi connectivity index (χ0v) is 11.0. The predicted octanol–water partition coefficient (Wildman–Crippen LogP) is 3.75. The van der Waals surface area contributed by atoms with E-state index in [4.69, 9.17) is 5.11 Å². The van der Waals surface area contributed by atoms with Gasteiger partial charge in [-0.05, 0) is 6.42 Å². The number of carboxylic acids is 1. The van der Waals surface area contributed by atoms with Gasteiger partial charge in [0, 0.05) is 0 Å². The molecule has 0 saturated carbocycles. The van der Waals surface area contributed by atoms with Crippen molar-refractivity contribution >= 4 is 14.0 Å². The van der Waals surface area contributed by atoms with E-state index in [1.54, 1.807) is 0 Å². The molecule has 3 heteroatoms. The molecule has 1 N–H and O–H groups in total. The van der Waals surface area contributed by atoms with Crippen molar-refractivity contribution in [2.24, 2.45) is 0 Å². The van der Waals surface area contributed by atoms with Crippen LogP contribution in [0.2, 0.25) is 25.2 Å². The summed E-state index contributed by atoms with van der Waals surface area (Å²) in [5, 5.41) is 9.10. The molecule has 0 saturated heterocycles. The molecule has 0 spiro atoms. The average molecular weight is 216 g/mol. The summed E-state index contributed by atoms with van der Waals surface area (Å²) in [6.07, 6.45) is 5.59. The second-order valence-electron chi connectivity index (χ2n) is 5.11. The van der Waals surface area contributed by atoms with Gasteiger partial charge in [-0.1, -0.05) is 52.2 Å². The number of carboxylic acid groups (broad SMARTS) is 1. The van der Waals surface area contributed by atoms with Crippen LogP contribution in [0.4, 0.5) is 0 Å². The lowest BCUT2D eigenvalue weighted by molar-refractivity contribution is -0.137. The lowest BCUT2D eigenvalue weighted by atomic mass is 10.1. The maximum absolute atomic E-state index is 11.0. The van der Waals surface area contributed by atoms with Gasteiger partial charge in [-0.15, -0.1) is 0 Å². The molecule has 0 aliphatic carbocycles. The Morgan fingerprint density at radius 1 is 1.21 bits per heavy atom. The smallest absolute Gasteiger partial charge is 0.303 e. The largest absolute Gasteiger partial charge is 0.481 e. The van der Waals surface area contributed by atoms with E-state index in [1.807, 2.05) is 0 Å². The molecule has 0 aromatic carbocycles.